The van der Waals surface area contributed by atoms with Gasteiger partial charge in [0.05, 0.1) is 4.90 Å². The maximum atomic E-state index is 11.7. The first-order chi connectivity index (χ1) is 7.56. The number of hydrogen-bond acceptors (Lipinski definition) is 3. The normalized spacial score (nSPS) is 10.6. The van der Waals surface area contributed by atoms with Gasteiger partial charge in [-0.25, -0.2) is 13.1 Å². The van der Waals surface area contributed by atoms with E-state index in [4.69, 9.17) is 5.11 Å². The van der Waals surface area contributed by atoms with Crippen molar-refractivity contribution in [3.8, 4) is 17.6 Å². The van der Waals surface area contributed by atoms with Gasteiger partial charge in [-0.05, 0) is 31.2 Å². The maximum Gasteiger partial charge on any atom is 0.240 e. The lowest BCUT2D eigenvalue weighted by atomic mass is 10.3. The number of sulfonamides is 1. The van der Waals surface area contributed by atoms with Gasteiger partial charge in [0.2, 0.25) is 10.0 Å². The molecule has 0 bridgehead atoms. The van der Waals surface area contributed by atoms with Crippen LogP contribution in [0.25, 0.3) is 0 Å². The Balaban J connectivity index is 2.69. The van der Waals surface area contributed by atoms with Gasteiger partial charge in [-0.1, -0.05) is 0 Å². The Bertz CT molecular complexity index is 494. The number of hydrogen-bond donors (Lipinski definition) is 2. The quantitative estimate of drug-likeness (QED) is 0.610. The minimum Gasteiger partial charge on any atom is -0.508 e. The van der Waals surface area contributed by atoms with Crippen LogP contribution in [0.2, 0.25) is 0 Å². The Labute approximate surface area is 95.4 Å². The van der Waals surface area contributed by atoms with Gasteiger partial charge < -0.3 is 5.11 Å². The second kappa shape index (κ2) is 5.54. The number of phenolic OH excluding ortho intramolecular Hbond substituents is 1. The molecule has 0 aliphatic heterocycles. The van der Waals surface area contributed by atoms with E-state index < -0.39 is 10.0 Å². The van der Waals surface area contributed by atoms with Crippen LogP contribution in [0.1, 0.15) is 13.3 Å². The van der Waals surface area contributed by atoms with Crippen LogP contribution in [0.5, 0.6) is 5.75 Å². The molecule has 2 N–H and O–H groups in total. The van der Waals surface area contributed by atoms with E-state index in [1.807, 2.05) is 0 Å². The van der Waals surface area contributed by atoms with Crippen molar-refractivity contribution < 1.29 is 13.5 Å². The number of aromatic hydroxyl groups is 1. The topological polar surface area (TPSA) is 66.4 Å². The van der Waals surface area contributed by atoms with Crippen molar-refractivity contribution in [2.45, 2.75) is 18.2 Å². The largest absolute Gasteiger partial charge is 0.508 e. The molecule has 0 unspecified atom stereocenters. The Hall–Kier alpha value is -1.51. The van der Waals surface area contributed by atoms with Crippen molar-refractivity contribution >= 4 is 10.0 Å². The third-order valence-corrected chi connectivity index (χ3v) is 3.34. The zero-order chi connectivity index (χ0) is 12.0. The monoisotopic (exact) mass is 239 g/mol. The molecule has 1 aromatic rings. The minimum absolute atomic E-state index is 0.0378. The number of nitrogens with one attached hydrogen (secondary N) is 1. The van der Waals surface area contributed by atoms with Gasteiger partial charge in [0.15, 0.2) is 0 Å². The molecule has 0 aliphatic carbocycles. The summed E-state index contributed by atoms with van der Waals surface area (Å²) in [6, 6.07) is 5.37. The van der Waals surface area contributed by atoms with Crippen LogP contribution < -0.4 is 4.72 Å². The minimum atomic E-state index is -3.49. The van der Waals surface area contributed by atoms with Crippen LogP contribution >= 0.6 is 0 Å². The van der Waals surface area contributed by atoms with Gasteiger partial charge in [-0.15, -0.1) is 11.8 Å². The molecule has 1 rings (SSSR count). The molecule has 0 spiro atoms. The van der Waals surface area contributed by atoms with Crippen molar-refractivity contribution in [3.63, 3.8) is 0 Å². The molecule has 0 amide bonds. The van der Waals surface area contributed by atoms with Crippen molar-refractivity contribution in [2.24, 2.45) is 0 Å². The fraction of sp³-hybridized carbons (Fsp3) is 0.273. The molecule has 4 nitrogen and oxygen atoms in total. The number of benzene rings is 1. The van der Waals surface area contributed by atoms with Crippen LogP contribution in [-0.4, -0.2) is 20.1 Å². The highest BCUT2D eigenvalue weighted by molar-refractivity contribution is 7.89. The number of rotatable bonds is 4. The smallest absolute Gasteiger partial charge is 0.240 e. The van der Waals surface area contributed by atoms with Gasteiger partial charge in [0.25, 0.3) is 0 Å². The van der Waals surface area contributed by atoms with Crippen LogP contribution in [0.3, 0.4) is 0 Å². The van der Waals surface area contributed by atoms with Crippen molar-refractivity contribution in [3.05, 3.63) is 24.3 Å². The third kappa shape index (κ3) is 3.57. The van der Waals surface area contributed by atoms with E-state index >= 15 is 0 Å². The van der Waals surface area contributed by atoms with Crippen LogP contribution in [0, 0.1) is 11.8 Å². The fourth-order valence-electron chi connectivity index (χ4n) is 1.08. The molecule has 16 heavy (non-hydrogen) atoms. The van der Waals surface area contributed by atoms with Gasteiger partial charge in [-0.2, -0.15) is 0 Å². The van der Waals surface area contributed by atoms with E-state index in [2.05, 4.69) is 16.6 Å². The fourth-order valence-corrected chi connectivity index (χ4v) is 2.11. The van der Waals surface area contributed by atoms with E-state index in [0.29, 0.717) is 6.42 Å². The molecule has 0 atom stereocenters. The van der Waals surface area contributed by atoms with Gasteiger partial charge in [-0.3, -0.25) is 0 Å². The lowest BCUT2D eigenvalue weighted by molar-refractivity contribution is 0.474. The summed E-state index contributed by atoms with van der Waals surface area (Å²) in [6.07, 6.45) is 0.480. The van der Waals surface area contributed by atoms with Gasteiger partial charge in [0, 0.05) is 13.0 Å². The van der Waals surface area contributed by atoms with E-state index in [1.165, 1.54) is 24.3 Å². The average molecular weight is 239 g/mol. The first kappa shape index (κ1) is 12.6. The molecule has 0 aromatic heterocycles. The molecule has 0 radical (unpaired) electrons. The van der Waals surface area contributed by atoms with Gasteiger partial charge in [0.1, 0.15) is 5.75 Å². The predicted octanol–water partition coefficient (Wildman–Crippen LogP) is 1.08. The molecule has 0 saturated carbocycles. The Morgan fingerprint density at radius 1 is 1.31 bits per heavy atom. The van der Waals surface area contributed by atoms with E-state index in [-0.39, 0.29) is 17.2 Å². The summed E-state index contributed by atoms with van der Waals surface area (Å²) in [5, 5.41) is 9.03. The van der Waals surface area contributed by atoms with Crippen LogP contribution in [0.15, 0.2) is 29.2 Å². The summed E-state index contributed by atoms with van der Waals surface area (Å²) in [6.45, 7) is 1.98. The Morgan fingerprint density at radius 3 is 2.50 bits per heavy atom. The average Bonchev–Trinajstić information content (AvgIpc) is 2.25. The molecule has 1 aromatic carbocycles. The van der Waals surface area contributed by atoms with Crippen molar-refractivity contribution in [1.29, 1.82) is 0 Å². The molecule has 86 valence electrons. The summed E-state index contributed by atoms with van der Waals surface area (Å²) < 4.78 is 25.7. The molecular formula is C11H13NO3S. The highest BCUT2D eigenvalue weighted by atomic mass is 32.2. The lowest BCUT2D eigenvalue weighted by Crippen LogP contribution is -2.24. The molecule has 0 fully saturated rings. The first-order valence-electron chi connectivity index (χ1n) is 4.74. The van der Waals surface area contributed by atoms with Crippen LogP contribution in [-0.2, 0) is 10.0 Å². The number of phenols is 1. The van der Waals surface area contributed by atoms with Crippen molar-refractivity contribution in [1.82, 2.24) is 4.72 Å². The highest BCUT2D eigenvalue weighted by Gasteiger charge is 2.12. The summed E-state index contributed by atoms with van der Waals surface area (Å²) in [5.41, 5.74) is 0. The zero-order valence-electron chi connectivity index (χ0n) is 8.90. The Morgan fingerprint density at radius 2 is 1.94 bits per heavy atom. The van der Waals surface area contributed by atoms with E-state index in [1.54, 1.807) is 6.92 Å². The zero-order valence-corrected chi connectivity index (χ0v) is 9.71. The summed E-state index contributed by atoms with van der Waals surface area (Å²) in [7, 11) is -3.49. The van der Waals surface area contributed by atoms with Crippen LogP contribution in [0.4, 0.5) is 0 Å². The third-order valence-electron chi connectivity index (χ3n) is 1.87. The highest BCUT2D eigenvalue weighted by Crippen LogP contribution is 2.13. The molecular weight excluding hydrogens is 226 g/mol. The summed E-state index contributed by atoms with van der Waals surface area (Å²) >= 11 is 0. The lowest BCUT2D eigenvalue weighted by Gasteiger charge is -2.04. The predicted molar refractivity (Wildman–Crippen MR) is 61.4 cm³/mol. The molecule has 0 heterocycles. The van der Waals surface area contributed by atoms with Gasteiger partial charge >= 0.3 is 0 Å². The first-order valence-corrected chi connectivity index (χ1v) is 6.23. The second-order valence-corrected chi connectivity index (χ2v) is 4.84. The van der Waals surface area contributed by atoms with Crippen molar-refractivity contribution in [2.75, 3.05) is 6.54 Å². The summed E-state index contributed by atoms with van der Waals surface area (Å²) in [5.74, 6) is 5.49. The second-order valence-electron chi connectivity index (χ2n) is 3.07. The molecule has 0 saturated heterocycles. The Kier molecular flexibility index (Phi) is 4.35. The van der Waals surface area contributed by atoms with E-state index in [9.17, 15) is 8.42 Å². The molecule has 0 aliphatic rings. The van der Waals surface area contributed by atoms with E-state index in [0.717, 1.165) is 0 Å². The SMILES string of the molecule is CC#CCCNS(=O)(=O)c1ccc(O)cc1. The molecule has 5 heteroatoms. The standard InChI is InChI=1S/C11H13NO3S/c1-2-3-4-9-12-16(14,15)11-7-5-10(13)6-8-11/h5-8,12-13H,4,9H2,1H3. The maximum absolute atomic E-state index is 11.7. The summed E-state index contributed by atoms with van der Waals surface area (Å²) in [4.78, 5) is 0.134.